The van der Waals surface area contributed by atoms with Crippen molar-refractivity contribution in [1.82, 2.24) is 15.0 Å². The number of aromatic nitrogens is 3. The standard InChI is InChI=1S/C20H22BrN5/c1-13-12-19(24-14(2)23-13)26-10-7-15(8-11-26)25-18-6-9-22-20-16(18)4-3-5-17(20)21/h3-6,9,12,15H,7-8,10-11H2,1-2H3,(H,22,25). The van der Waals surface area contributed by atoms with Crippen molar-refractivity contribution >= 4 is 38.3 Å². The number of nitrogens with zero attached hydrogens (tertiary/aromatic N) is 4. The zero-order valence-electron chi connectivity index (χ0n) is 15.0. The molecule has 5 nitrogen and oxygen atoms in total. The van der Waals surface area contributed by atoms with Crippen LogP contribution in [0.3, 0.4) is 0 Å². The Hall–Kier alpha value is -2.21. The molecule has 2 aromatic heterocycles. The second-order valence-electron chi connectivity index (χ2n) is 6.81. The second kappa shape index (κ2) is 7.19. The van der Waals surface area contributed by atoms with Crippen LogP contribution in [0.4, 0.5) is 11.5 Å². The fourth-order valence-corrected chi connectivity index (χ4v) is 4.07. The van der Waals surface area contributed by atoms with Crippen LogP contribution in [0.25, 0.3) is 10.9 Å². The molecule has 3 aromatic rings. The third-order valence-corrected chi connectivity index (χ3v) is 5.49. The molecular weight excluding hydrogens is 390 g/mol. The van der Waals surface area contributed by atoms with Gasteiger partial charge in [0.05, 0.1) is 5.52 Å². The molecule has 1 fully saturated rings. The normalized spacial score (nSPS) is 15.4. The van der Waals surface area contributed by atoms with Crippen molar-refractivity contribution in [2.75, 3.05) is 23.3 Å². The number of hydrogen-bond donors (Lipinski definition) is 1. The van der Waals surface area contributed by atoms with Crippen LogP contribution in [0.1, 0.15) is 24.4 Å². The van der Waals surface area contributed by atoms with Crippen LogP contribution in [-0.2, 0) is 0 Å². The van der Waals surface area contributed by atoms with E-state index in [2.05, 4.69) is 65.4 Å². The van der Waals surface area contributed by atoms with Crippen LogP contribution >= 0.6 is 15.9 Å². The van der Waals surface area contributed by atoms with Gasteiger partial charge in [-0.3, -0.25) is 4.98 Å². The second-order valence-corrected chi connectivity index (χ2v) is 7.67. The molecule has 0 aliphatic carbocycles. The molecule has 6 heteroatoms. The maximum Gasteiger partial charge on any atom is 0.132 e. The van der Waals surface area contributed by atoms with E-state index in [0.29, 0.717) is 6.04 Å². The van der Waals surface area contributed by atoms with Gasteiger partial charge in [0.25, 0.3) is 0 Å². The highest BCUT2D eigenvalue weighted by atomic mass is 79.9. The van der Waals surface area contributed by atoms with Gasteiger partial charge in [-0.1, -0.05) is 12.1 Å². The number of anilines is 2. The van der Waals surface area contributed by atoms with E-state index in [4.69, 9.17) is 0 Å². The lowest BCUT2D eigenvalue weighted by Crippen LogP contribution is -2.39. The van der Waals surface area contributed by atoms with Gasteiger partial charge in [-0.25, -0.2) is 9.97 Å². The number of nitrogens with one attached hydrogen (secondary N) is 1. The SMILES string of the molecule is Cc1cc(N2CCC(Nc3ccnc4c(Br)cccc34)CC2)nc(C)n1. The van der Waals surface area contributed by atoms with Gasteiger partial charge in [0.2, 0.25) is 0 Å². The molecule has 0 amide bonds. The highest BCUT2D eigenvalue weighted by molar-refractivity contribution is 9.10. The number of fused-ring (bicyclic) bond motifs is 1. The van der Waals surface area contributed by atoms with Crippen LogP contribution in [0.15, 0.2) is 41.0 Å². The minimum absolute atomic E-state index is 0.458. The molecule has 134 valence electrons. The van der Waals surface area contributed by atoms with Crippen molar-refractivity contribution in [3.05, 3.63) is 52.5 Å². The number of rotatable bonds is 3. The molecule has 26 heavy (non-hydrogen) atoms. The Balaban J connectivity index is 1.47. The average molecular weight is 412 g/mol. The summed E-state index contributed by atoms with van der Waals surface area (Å²) >= 11 is 3.59. The maximum absolute atomic E-state index is 4.60. The first-order valence-electron chi connectivity index (χ1n) is 8.97. The van der Waals surface area contributed by atoms with Gasteiger partial charge in [-0.2, -0.15) is 0 Å². The van der Waals surface area contributed by atoms with Crippen molar-refractivity contribution in [1.29, 1.82) is 0 Å². The van der Waals surface area contributed by atoms with Crippen LogP contribution in [0.5, 0.6) is 0 Å². The number of halogens is 1. The van der Waals surface area contributed by atoms with Crippen molar-refractivity contribution in [3.63, 3.8) is 0 Å². The van der Waals surface area contributed by atoms with Crippen molar-refractivity contribution < 1.29 is 0 Å². The zero-order valence-corrected chi connectivity index (χ0v) is 16.6. The Bertz CT molecular complexity index is 914. The molecule has 1 aliphatic rings. The molecule has 1 aromatic carbocycles. The predicted octanol–water partition coefficient (Wildman–Crippen LogP) is 4.49. The number of hydrogen-bond acceptors (Lipinski definition) is 5. The predicted molar refractivity (Wildman–Crippen MR) is 110 cm³/mol. The van der Waals surface area contributed by atoms with Crippen LogP contribution < -0.4 is 10.2 Å². The summed E-state index contributed by atoms with van der Waals surface area (Å²) in [7, 11) is 0. The largest absolute Gasteiger partial charge is 0.382 e. The molecule has 0 spiro atoms. The fraction of sp³-hybridized carbons (Fsp3) is 0.350. The molecule has 0 atom stereocenters. The smallest absolute Gasteiger partial charge is 0.132 e. The van der Waals surface area contributed by atoms with E-state index in [-0.39, 0.29) is 0 Å². The molecule has 0 saturated carbocycles. The summed E-state index contributed by atoms with van der Waals surface area (Å²) in [5.41, 5.74) is 3.19. The van der Waals surface area contributed by atoms with Crippen LogP contribution in [-0.4, -0.2) is 34.1 Å². The van der Waals surface area contributed by atoms with E-state index in [1.807, 2.05) is 26.1 Å². The molecule has 0 unspecified atom stereocenters. The van der Waals surface area contributed by atoms with E-state index in [1.54, 1.807) is 0 Å². The Morgan fingerprint density at radius 1 is 1.12 bits per heavy atom. The lowest BCUT2D eigenvalue weighted by Gasteiger charge is -2.34. The number of aryl methyl sites for hydroxylation is 2. The first-order chi connectivity index (χ1) is 12.6. The summed E-state index contributed by atoms with van der Waals surface area (Å²) in [4.78, 5) is 15.8. The monoisotopic (exact) mass is 411 g/mol. The third-order valence-electron chi connectivity index (χ3n) is 4.85. The van der Waals surface area contributed by atoms with Crippen molar-refractivity contribution in [3.8, 4) is 0 Å². The lowest BCUT2D eigenvalue weighted by molar-refractivity contribution is 0.523. The van der Waals surface area contributed by atoms with Gasteiger partial charge in [-0.15, -0.1) is 0 Å². The molecule has 1 saturated heterocycles. The van der Waals surface area contributed by atoms with Gasteiger partial charge in [0.1, 0.15) is 11.6 Å². The number of benzene rings is 1. The first-order valence-corrected chi connectivity index (χ1v) is 9.76. The number of pyridine rings is 1. The van der Waals surface area contributed by atoms with E-state index in [9.17, 15) is 0 Å². The summed E-state index contributed by atoms with van der Waals surface area (Å²) in [6.07, 6.45) is 4.04. The Labute approximate surface area is 162 Å². The number of para-hydroxylation sites is 1. The lowest BCUT2D eigenvalue weighted by atomic mass is 10.0. The van der Waals surface area contributed by atoms with E-state index in [1.165, 1.54) is 0 Å². The van der Waals surface area contributed by atoms with Gasteiger partial charge in [0, 0.05) is 52.6 Å². The van der Waals surface area contributed by atoms with Crippen molar-refractivity contribution in [2.45, 2.75) is 32.7 Å². The van der Waals surface area contributed by atoms with Crippen LogP contribution in [0, 0.1) is 13.8 Å². The molecular formula is C20H22BrN5. The molecule has 0 radical (unpaired) electrons. The van der Waals surface area contributed by atoms with Gasteiger partial charge in [0.15, 0.2) is 0 Å². The summed E-state index contributed by atoms with van der Waals surface area (Å²) in [5, 5.41) is 4.88. The van der Waals surface area contributed by atoms with Crippen molar-refractivity contribution in [2.24, 2.45) is 0 Å². The minimum atomic E-state index is 0.458. The summed E-state index contributed by atoms with van der Waals surface area (Å²) in [5.74, 6) is 1.89. The minimum Gasteiger partial charge on any atom is -0.382 e. The highest BCUT2D eigenvalue weighted by Crippen LogP contribution is 2.29. The molecule has 0 bridgehead atoms. The van der Waals surface area contributed by atoms with Gasteiger partial charge >= 0.3 is 0 Å². The molecule has 1 aliphatic heterocycles. The fourth-order valence-electron chi connectivity index (χ4n) is 3.60. The Kier molecular flexibility index (Phi) is 4.76. The number of piperidine rings is 1. The summed E-state index contributed by atoms with van der Waals surface area (Å²) < 4.78 is 1.03. The molecule has 1 N–H and O–H groups in total. The first kappa shape index (κ1) is 17.2. The van der Waals surface area contributed by atoms with E-state index >= 15 is 0 Å². The quantitative estimate of drug-likeness (QED) is 0.687. The summed E-state index contributed by atoms with van der Waals surface area (Å²) in [6, 6.07) is 10.8. The molecule has 3 heterocycles. The Morgan fingerprint density at radius 2 is 1.92 bits per heavy atom. The zero-order chi connectivity index (χ0) is 18.1. The van der Waals surface area contributed by atoms with Gasteiger partial charge < -0.3 is 10.2 Å². The van der Waals surface area contributed by atoms with Crippen LogP contribution in [0.2, 0.25) is 0 Å². The summed E-state index contributed by atoms with van der Waals surface area (Å²) in [6.45, 7) is 5.98. The van der Waals surface area contributed by atoms with E-state index < -0.39 is 0 Å². The highest BCUT2D eigenvalue weighted by Gasteiger charge is 2.21. The average Bonchev–Trinajstić information content (AvgIpc) is 2.62. The molecule has 4 rings (SSSR count). The Morgan fingerprint density at radius 3 is 2.69 bits per heavy atom. The maximum atomic E-state index is 4.60. The van der Waals surface area contributed by atoms with Gasteiger partial charge in [-0.05, 0) is 54.8 Å². The third kappa shape index (κ3) is 3.51. The van der Waals surface area contributed by atoms with E-state index in [0.717, 1.165) is 64.3 Å². The topological polar surface area (TPSA) is 53.9 Å².